The van der Waals surface area contributed by atoms with E-state index in [1.807, 2.05) is 58.0 Å². The highest BCUT2D eigenvalue weighted by Gasteiger charge is 2.46. The second-order valence-corrected chi connectivity index (χ2v) is 8.71. The van der Waals surface area contributed by atoms with Gasteiger partial charge in [-0.2, -0.15) is 0 Å². The molecule has 0 bridgehead atoms. The van der Waals surface area contributed by atoms with Gasteiger partial charge in [0.25, 0.3) is 11.7 Å². The van der Waals surface area contributed by atoms with E-state index < -0.39 is 17.7 Å². The number of hydrogen-bond acceptors (Lipinski definition) is 6. The van der Waals surface area contributed by atoms with E-state index in [0.29, 0.717) is 42.2 Å². The molecule has 34 heavy (non-hydrogen) atoms. The van der Waals surface area contributed by atoms with Crippen molar-refractivity contribution in [2.75, 3.05) is 27.4 Å². The van der Waals surface area contributed by atoms with Crippen LogP contribution in [0.5, 0.6) is 11.5 Å². The van der Waals surface area contributed by atoms with Gasteiger partial charge in [0.05, 0.1) is 24.8 Å². The highest BCUT2D eigenvalue weighted by Crippen LogP contribution is 2.41. The number of nitrogens with zero attached hydrogens (tertiary/aromatic N) is 1. The summed E-state index contributed by atoms with van der Waals surface area (Å²) in [5.74, 6) is -0.227. The summed E-state index contributed by atoms with van der Waals surface area (Å²) in [7, 11) is 3.17. The summed E-state index contributed by atoms with van der Waals surface area (Å²) in [6, 6.07) is 10.2. The number of carbonyl (C=O) groups excluding carboxylic acids is 2. The topological polar surface area (TPSA) is 85.3 Å². The van der Waals surface area contributed by atoms with Gasteiger partial charge in [-0.15, -0.1) is 0 Å². The predicted octanol–water partition coefficient (Wildman–Crippen LogP) is 4.56. The van der Waals surface area contributed by atoms with E-state index in [2.05, 4.69) is 0 Å². The first kappa shape index (κ1) is 25.3. The van der Waals surface area contributed by atoms with Crippen molar-refractivity contribution in [2.24, 2.45) is 0 Å². The normalized spacial score (nSPS) is 17.5. The largest absolute Gasteiger partial charge is 0.507 e. The molecule has 7 heteroatoms. The SMILES string of the molecule is COCCCN1C(=O)C(=O)/C(=C(/O)c2cc(C)c(OC)cc2C)C1c1cccc(OC(C)C)c1. The van der Waals surface area contributed by atoms with Crippen molar-refractivity contribution in [3.05, 3.63) is 64.2 Å². The second-order valence-electron chi connectivity index (χ2n) is 8.71. The second kappa shape index (κ2) is 10.7. The van der Waals surface area contributed by atoms with E-state index in [1.54, 1.807) is 20.3 Å². The number of aryl methyl sites for hydroxylation is 2. The molecule has 3 rings (SSSR count). The molecule has 1 heterocycles. The lowest BCUT2D eigenvalue weighted by Crippen LogP contribution is -2.31. The van der Waals surface area contributed by atoms with E-state index in [0.717, 1.165) is 11.1 Å². The number of likely N-dealkylation sites (tertiary alicyclic amines) is 1. The first-order valence-electron chi connectivity index (χ1n) is 11.4. The standard InChI is InChI=1S/C27H33NO6/c1-16(2)34-20-10-7-9-19(15-20)24-23(26(30)27(31)28(24)11-8-12-32-5)25(29)21-13-18(4)22(33-6)14-17(21)3/h7,9-10,13-16,24,29H,8,11-12H2,1-6H3/b25-23+. The van der Waals surface area contributed by atoms with Gasteiger partial charge in [-0.05, 0) is 75.1 Å². The van der Waals surface area contributed by atoms with Crippen molar-refractivity contribution < 1.29 is 28.9 Å². The molecule has 1 saturated heterocycles. The van der Waals surface area contributed by atoms with Gasteiger partial charge in [0, 0.05) is 25.8 Å². The van der Waals surface area contributed by atoms with Gasteiger partial charge >= 0.3 is 0 Å². The smallest absolute Gasteiger partial charge is 0.295 e. The average molecular weight is 468 g/mol. The van der Waals surface area contributed by atoms with Crippen LogP contribution in [0.2, 0.25) is 0 Å². The highest BCUT2D eigenvalue weighted by molar-refractivity contribution is 6.46. The molecular formula is C27H33NO6. The maximum absolute atomic E-state index is 13.2. The lowest BCUT2D eigenvalue weighted by molar-refractivity contribution is -0.140. The van der Waals surface area contributed by atoms with Gasteiger partial charge in [0.2, 0.25) is 0 Å². The van der Waals surface area contributed by atoms with Gasteiger partial charge in [-0.1, -0.05) is 12.1 Å². The van der Waals surface area contributed by atoms with Crippen LogP contribution in [0.1, 0.15) is 48.6 Å². The van der Waals surface area contributed by atoms with Gasteiger partial charge in [0.1, 0.15) is 17.3 Å². The van der Waals surface area contributed by atoms with Crippen molar-refractivity contribution in [2.45, 2.75) is 46.3 Å². The number of benzene rings is 2. The molecule has 2 aromatic carbocycles. The van der Waals surface area contributed by atoms with Gasteiger partial charge < -0.3 is 24.2 Å². The minimum Gasteiger partial charge on any atom is -0.507 e. The van der Waals surface area contributed by atoms with Crippen LogP contribution < -0.4 is 9.47 Å². The van der Waals surface area contributed by atoms with Crippen LogP contribution in [-0.2, 0) is 14.3 Å². The Kier molecular flexibility index (Phi) is 7.99. The molecule has 0 aliphatic carbocycles. The Hall–Kier alpha value is -3.32. The quantitative estimate of drug-likeness (QED) is 0.252. The number of aliphatic hydroxyl groups is 1. The van der Waals surface area contributed by atoms with E-state index >= 15 is 0 Å². The first-order chi connectivity index (χ1) is 16.2. The summed E-state index contributed by atoms with van der Waals surface area (Å²) in [5, 5.41) is 11.4. The number of amides is 1. The lowest BCUT2D eigenvalue weighted by Gasteiger charge is -2.26. The van der Waals surface area contributed by atoms with Gasteiger partial charge in [-0.25, -0.2) is 0 Å². The number of ketones is 1. The highest BCUT2D eigenvalue weighted by atomic mass is 16.5. The summed E-state index contributed by atoms with van der Waals surface area (Å²) in [6.45, 7) is 8.32. The molecule has 1 aliphatic heterocycles. The van der Waals surface area contributed by atoms with Crippen molar-refractivity contribution in [1.29, 1.82) is 0 Å². The fourth-order valence-corrected chi connectivity index (χ4v) is 4.28. The molecule has 0 aromatic heterocycles. The number of hydrogen-bond donors (Lipinski definition) is 1. The van der Waals surface area contributed by atoms with Crippen LogP contribution in [-0.4, -0.2) is 55.2 Å². The third-order valence-corrected chi connectivity index (χ3v) is 5.83. The number of aliphatic hydroxyl groups excluding tert-OH is 1. The molecule has 182 valence electrons. The zero-order valence-electron chi connectivity index (χ0n) is 20.7. The molecule has 7 nitrogen and oxygen atoms in total. The summed E-state index contributed by atoms with van der Waals surface area (Å²) < 4.78 is 16.4. The molecule has 1 fully saturated rings. The molecule has 2 aromatic rings. The average Bonchev–Trinajstić information content (AvgIpc) is 3.04. The van der Waals surface area contributed by atoms with Crippen molar-refractivity contribution in [3.8, 4) is 11.5 Å². The summed E-state index contributed by atoms with van der Waals surface area (Å²) in [5.41, 5.74) is 2.80. The molecule has 1 N–H and O–H groups in total. The van der Waals surface area contributed by atoms with Crippen LogP contribution in [0.3, 0.4) is 0 Å². The Morgan fingerprint density at radius 2 is 1.82 bits per heavy atom. The minimum absolute atomic E-state index is 0.0340. The number of methoxy groups -OCH3 is 2. The van der Waals surface area contributed by atoms with Gasteiger partial charge in [0.15, 0.2) is 0 Å². The van der Waals surface area contributed by atoms with Crippen LogP contribution >= 0.6 is 0 Å². The number of rotatable bonds is 9. The molecule has 1 atom stereocenters. The first-order valence-corrected chi connectivity index (χ1v) is 11.4. The molecule has 0 saturated carbocycles. The number of ether oxygens (including phenoxy) is 3. The van der Waals surface area contributed by atoms with Gasteiger partial charge in [-0.3, -0.25) is 9.59 Å². The van der Waals surface area contributed by atoms with E-state index in [4.69, 9.17) is 14.2 Å². The Morgan fingerprint density at radius 3 is 2.47 bits per heavy atom. The van der Waals surface area contributed by atoms with Crippen LogP contribution in [0.4, 0.5) is 0 Å². The lowest BCUT2D eigenvalue weighted by atomic mass is 9.93. The van der Waals surface area contributed by atoms with Crippen LogP contribution in [0.25, 0.3) is 5.76 Å². The fraction of sp³-hybridized carbons (Fsp3) is 0.407. The molecule has 1 aliphatic rings. The summed E-state index contributed by atoms with van der Waals surface area (Å²) >= 11 is 0. The molecule has 0 spiro atoms. The Morgan fingerprint density at radius 1 is 1.09 bits per heavy atom. The molecule has 0 radical (unpaired) electrons. The molecule has 1 amide bonds. The Labute approximate surface area is 200 Å². The number of carbonyl (C=O) groups is 2. The van der Waals surface area contributed by atoms with E-state index in [-0.39, 0.29) is 17.4 Å². The third-order valence-electron chi connectivity index (χ3n) is 5.83. The summed E-state index contributed by atoms with van der Waals surface area (Å²) in [4.78, 5) is 27.8. The zero-order valence-corrected chi connectivity index (χ0v) is 20.7. The van der Waals surface area contributed by atoms with E-state index in [1.165, 1.54) is 4.90 Å². The van der Waals surface area contributed by atoms with Crippen molar-refractivity contribution in [3.63, 3.8) is 0 Å². The maximum Gasteiger partial charge on any atom is 0.295 e. The summed E-state index contributed by atoms with van der Waals surface area (Å²) in [6.07, 6.45) is 0.524. The Balaban J connectivity index is 2.18. The fourth-order valence-electron chi connectivity index (χ4n) is 4.28. The van der Waals surface area contributed by atoms with Crippen molar-refractivity contribution >= 4 is 17.4 Å². The zero-order chi connectivity index (χ0) is 25.0. The maximum atomic E-state index is 13.2. The Bertz CT molecular complexity index is 1100. The van der Waals surface area contributed by atoms with Crippen molar-refractivity contribution in [1.82, 2.24) is 4.90 Å². The molecule has 1 unspecified atom stereocenters. The number of Topliss-reactive ketones (excluding diaryl/α,β-unsaturated/α-hetero) is 1. The van der Waals surface area contributed by atoms with Crippen LogP contribution in [0.15, 0.2) is 42.0 Å². The molecular weight excluding hydrogens is 434 g/mol. The van der Waals surface area contributed by atoms with E-state index in [9.17, 15) is 14.7 Å². The monoisotopic (exact) mass is 467 g/mol. The predicted molar refractivity (Wildman–Crippen MR) is 130 cm³/mol. The third kappa shape index (κ3) is 5.09. The van der Waals surface area contributed by atoms with Crippen LogP contribution in [0, 0.1) is 13.8 Å². The minimum atomic E-state index is -0.741.